The quantitative estimate of drug-likeness (QED) is 0.505. The predicted molar refractivity (Wildman–Crippen MR) is 121 cm³/mol. The van der Waals surface area contributed by atoms with E-state index in [1.165, 1.54) is 22.5 Å². The smallest absolute Gasteiger partial charge is 0.264 e. The van der Waals surface area contributed by atoms with Gasteiger partial charge in [-0.2, -0.15) is 15.3 Å². The molecule has 9 nitrogen and oxygen atoms in total. The molecular formula is C23H25N7O2. The van der Waals surface area contributed by atoms with Gasteiger partial charge in [-0.25, -0.2) is 14.5 Å². The molecule has 32 heavy (non-hydrogen) atoms. The van der Waals surface area contributed by atoms with E-state index in [1.807, 2.05) is 0 Å². The SMILES string of the molecule is Cc1c(C(=O)Nc2ccnn2Cc2ccc(C(C)(C)C)cc2)cnn1-c1ccc(=O)[nH]n1. The van der Waals surface area contributed by atoms with Crippen molar-refractivity contribution in [3.05, 3.63) is 87.6 Å². The molecule has 2 N–H and O–H groups in total. The first-order valence-electron chi connectivity index (χ1n) is 10.3. The van der Waals surface area contributed by atoms with E-state index in [2.05, 4.69) is 70.7 Å². The minimum Gasteiger partial charge on any atom is -0.307 e. The second-order valence-corrected chi connectivity index (χ2v) is 8.61. The van der Waals surface area contributed by atoms with Crippen LogP contribution < -0.4 is 10.9 Å². The average Bonchev–Trinajstić information content (AvgIpc) is 3.34. The highest BCUT2D eigenvalue weighted by Crippen LogP contribution is 2.23. The monoisotopic (exact) mass is 431 g/mol. The van der Waals surface area contributed by atoms with Crippen molar-refractivity contribution >= 4 is 11.7 Å². The van der Waals surface area contributed by atoms with Gasteiger partial charge < -0.3 is 5.32 Å². The molecule has 4 rings (SSSR count). The number of carbonyl (C=O) groups is 1. The normalized spacial score (nSPS) is 11.5. The van der Waals surface area contributed by atoms with Gasteiger partial charge in [-0.05, 0) is 29.5 Å². The first-order chi connectivity index (χ1) is 15.2. The van der Waals surface area contributed by atoms with Crippen molar-refractivity contribution < 1.29 is 4.79 Å². The summed E-state index contributed by atoms with van der Waals surface area (Å²) in [4.78, 5) is 24.1. The van der Waals surface area contributed by atoms with Crippen LogP contribution in [-0.4, -0.2) is 35.7 Å². The largest absolute Gasteiger partial charge is 0.307 e. The van der Waals surface area contributed by atoms with Crippen molar-refractivity contribution in [1.29, 1.82) is 0 Å². The first kappa shape index (κ1) is 21.2. The van der Waals surface area contributed by atoms with Crippen LogP contribution in [-0.2, 0) is 12.0 Å². The third-order valence-corrected chi connectivity index (χ3v) is 5.25. The number of hydrogen-bond acceptors (Lipinski definition) is 5. The molecular weight excluding hydrogens is 406 g/mol. The van der Waals surface area contributed by atoms with Crippen LogP contribution in [0.3, 0.4) is 0 Å². The minimum atomic E-state index is -0.308. The van der Waals surface area contributed by atoms with Gasteiger partial charge in [-0.3, -0.25) is 9.59 Å². The molecule has 3 heterocycles. The highest BCUT2D eigenvalue weighted by molar-refractivity contribution is 6.04. The zero-order valence-electron chi connectivity index (χ0n) is 18.5. The zero-order valence-corrected chi connectivity index (χ0v) is 18.5. The third-order valence-electron chi connectivity index (χ3n) is 5.25. The van der Waals surface area contributed by atoms with E-state index in [9.17, 15) is 9.59 Å². The van der Waals surface area contributed by atoms with Gasteiger partial charge in [-0.1, -0.05) is 45.0 Å². The molecule has 1 amide bonds. The number of aromatic amines is 1. The standard InChI is InChI=1S/C23H25N7O2/c1-15-18(13-25-30(15)20-9-10-21(31)28-27-20)22(32)26-19-11-12-24-29(19)14-16-5-7-17(8-6-16)23(2,3)4/h5-13H,14H2,1-4H3,(H,26,32)(H,28,31). The molecule has 0 aliphatic rings. The number of carbonyl (C=O) groups excluding carboxylic acids is 1. The Bertz CT molecular complexity index is 1290. The van der Waals surface area contributed by atoms with Crippen molar-refractivity contribution in [3.63, 3.8) is 0 Å². The molecule has 0 bridgehead atoms. The number of anilines is 1. The number of aromatic nitrogens is 6. The van der Waals surface area contributed by atoms with Crippen LogP contribution in [0.1, 0.15) is 48.0 Å². The molecule has 0 fully saturated rings. The second kappa shape index (κ2) is 8.26. The highest BCUT2D eigenvalue weighted by Gasteiger charge is 2.18. The summed E-state index contributed by atoms with van der Waals surface area (Å²) in [5, 5.41) is 17.8. The fourth-order valence-electron chi connectivity index (χ4n) is 3.35. The average molecular weight is 432 g/mol. The summed E-state index contributed by atoms with van der Waals surface area (Å²) in [6.07, 6.45) is 3.13. The van der Waals surface area contributed by atoms with Gasteiger partial charge in [0.15, 0.2) is 5.82 Å². The Morgan fingerprint density at radius 2 is 1.81 bits per heavy atom. The van der Waals surface area contributed by atoms with Crippen LogP contribution in [0.5, 0.6) is 0 Å². The Kier molecular flexibility index (Phi) is 5.48. The maximum Gasteiger partial charge on any atom is 0.264 e. The number of amides is 1. The highest BCUT2D eigenvalue weighted by atomic mass is 16.2. The van der Waals surface area contributed by atoms with Crippen molar-refractivity contribution in [1.82, 2.24) is 29.8 Å². The predicted octanol–water partition coefficient (Wildman–Crippen LogP) is 3.06. The Labute approximate surface area is 185 Å². The fourth-order valence-corrected chi connectivity index (χ4v) is 3.35. The molecule has 0 saturated carbocycles. The van der Waals surface area contributed by atoms with E-state index in [0.717, 1.165) is 5.56 Å². The van der Waals surface area contributed by atoms with Crippen LogP contribution in [0, 0.1) is 6.92 Å². The summed E-state index contributed by atoms with van der Waals surface area (Å²) < 4.78 is 3.24. The lowest BCUT2D eigenvalue weighted by Crippen LogP contribution is -2.17. The fraction of sp³-hybridized carbons (Fsp3) is 0.261. The Morgan fingerprint density at radius 3 is 2.47 bits per heavy atom. The molecule has 0 radical (unpaired) electrons. The number of hydrogen-bond donors (Lipinski definition) is 2. The zero-order chi connectivity index (χ0) is 22.9. The summed E-state index contributed by atoms with van der Waals surface area (Å²) >= 11 is 0. The second-order valence-electron chi connectivity index (χ2n) is 8.61. The summed E-state index contributed by atoms with van der Waals surface area (Å²) in [6, 6.07) is 13.1. The molecule has 164 valence electrons. The van der Waals surface area contributed by atoms with Crippen molar-refractivity contribution in [3.8, 4) is 5.82 Å². The van der Waals surface area contributed by atoms with Gasteiger partial charge >= 0.3 is 0 Å². The molecule has 0 aliphatic carbocycles. The van der Waals surface area contributed by atoms with E-state index in [0.29, 0.717) is 29.4 Å². The molecule has 0 spiro atoms. The first-order valence-corrected chi connectivity index (χ1v) is 10.3. The molecule has 0 saturated heterocycles. The number of nitrogens with one attached hydrogen (secondary N) is 2. The summed E-state index contributed by atoms with van der Waals surface area (Å²) in [7, 11) is 0. The Hall–Kier alpha value is -4.01. The lowest BCUT2D eigenvalue weighted by Gasteiger charge is -2.19. The Balaban J connectivity index is 1.50. The van der Waals surface area contributed by atoms with Crippen molar-refractivity contribution in [2.75, 3.05) is 5.32 Å². The molecule has 0 unspecified atom stereocenters. The van der Waals surface area contributed by atoms with E-state index >= 15 is 0 Å². The number of benzene rings is 1. The molecule has 9 heteroatoms. The Morgan fingerprint density at radius 1 is 1.06 bits per heavy atom. The van der Waals surface area contributed by atoms with Crippen LogP contribution in [0.25, 0.3) is 5.82 Å². The van der Waals surface area contributed by atoms with E-state index in [-0.39, 0.29) is 16.9 Å². The van der Waals surface area contributed by atoms with E-state index in [1.54, 1.807) is 29.9 Å². The molecule has 3 aromatic heterocycles. The van der Waals surface area contributed by atoms with Crippen LogP contribution in [0.4, 0.5) is 5.82 Å². The topological polar surface area (TPSA) is 110 Å². The van der Waals surface area contributed by atoms with Crippen molar-refractivity contribution in [2.45, 2.75) is 39.7 Å². The van der Waals surface area contributed by atoms with Crippen LogP contribution in [0.2, 0.25) is 0 Å². The van der Waals surface area contributed by atoms with Gasteiger partial charge in [-0.15, -0.1) is 0 Å². The number of H-pyrrole nitrogens is 1. The molecule has 4 aromatic rings. The number of nitrogens with zero attached hydrogens (tertiary/aromatic N) is 5. The van der Waals surface area contributed by atoms with Gasteiger partial charge in [0.25, 0.3) is 11.5 Å². The van der Waals surface area contributed by atoms with Crippen LogP contribution in [0.15, 0.2) is 59.7 Å². The third kappa shape index (κ3) is 4.36. The lowest BCUT2D eigenvalue weighted by atomic mass is 9.87. The molecule has 0 atom stereocenters. The van der Waals surface area contributed by atoms with Crippen LogP contribution >= 0.6 is 0 Å². The van der Waals surface area contributed by atoms with Gasteiger partial charge in [0.2, 0.25) is 0 Å². The molecule has 0 aliphatic heterocycles. The lowest BCUT2D eigenvalue weighted by molar-refractivity contribution is 0.102. The maximum absolute atomic E-state index is 12.9. The summed E-state index contributed by atoms with van der Waals surface area (Å²) in [5.74, 6) is 0.706. The van der Waals surface area contributed by atoms with Gasteiger partial charge in [0.1, 0.15) is 5.82 Å². The maximum atomic E-state index is 12.9. The van der Waals surface area contributed by atoms with Gasteiger partial charge in [0, 0.05) is 12.1 Å². The van der Waals surface area contributed by atoms with Crippen molar-refractivity contribution in [2.24, 2.45) is 0 Å². The summed E-state index contributed by atoms with van der Waals surface area (Å²) in [6.45, 7) is 8.84. The van der Waals surface area contributed by atoms with E-state index < -0.39 is 0 Å². The molecule has 1 aromatic carbocycles. The summed E-state index contributed by atoms with van der Waals surface area (Å²) in [5.41, 5.74) is 3.14. The van der Waals surface area contributed by atoms with E-state index in [4.69, 9.17) is 0 Å². The number of rotatable bonds is 5. The van der Waals surface area contributed by atoms with Gasteiger partial charge in [0.05, 0.1) is 30.2 Å². The minimum absolute atomic E-state index is 0.0935.